The predicted molar refractivity (Wildman–Crippen MR) is 79.7 cm³/mol. The average molecular weight is 262 g/mol. The van der Waals surface area contributed by atoms with E-state index in [2.05, 4.69) is 55.4 Å². The topological polar surface area (TPSA) is 24.5 Å². The molecule has 3 nitrogen and oxygen atoms in total. The van der Waals surface area contributed by atoms with Gasteiger partial charge in [-0.1, -0.05) is 19.1 Å². The van der Waals surface area contributed by atoms with E-state index >= 15 is 0 Å². The average Bonchev–Trinajstić information content (AvgIpc) is 2.82. The maximum absolute atomic E-state index is 5.61. The molecule has 0 saturated carbocycles. The molecule has 2 rings (SSSR count). The van der Waals surface area contributed by atoms with Crippen LogP contribution in [0.25, 0.3) is 0 Å². The van der Waals surface area contributed by atoms with Crippen molar-refractivity contribution in [3.05, 3.63) is 29.8 Å². The maximum Gasteiger partial charge on any atom is 0.119 e. The molecule has 0 aliphatic carbocycles. The van der Waals surface area contributed by atoms with Crippen LogP contribution in [0, 0.1) is 0 Å². The van der Waals surface area contributed by atoms with Crippen molar-refractivity contribution < 1.29 is 4.74 Å². The molecule has 0 amide bonds. The third-order valence-corrected chi connectivity index (χ3v) is 3.73. The minimum absolute atomic E-state index is 0.400. The molecule has 1 aliphatic heterocycles. The maximum atomic E-state index is 5.61. The zero-order chi connectivity index (χ0) is 13.7. The molecule has 0 aromatic heterocycles. The number of nitrogens with zero attached hydrogens (tertiary/aromatic N) is 1. The van der Waals surface area contributed by atoms with E-state index in [1.54, 1.807) is 0 Å². The highest BCUT2D eigenvalue weighted by molar-refractivity contribution is 5.29. The molecular formula is C16H26N2O. The van der Waals surface area contributed by atoms with Crippen molar-refractivity contribution in [1.82, 2.24) is 10.2 Å². The van der Waals surface area contributed by atoms with E-state index in [9.17, 15) is 0 Å². The number of likely N-dealkylation sites (N-methyl/N-ethyl adjacent to an activating group) is 1. The Morgan fingerprint density at radius 2 is 2.11 bits per heavy atom. The van der Waals surface area contributed by atoms with Gasteiger partial charge < -0.3 is 15.0 Å². The molecule has 0 radical (unpaired) electrons. The number of rotatable bonds is 6. The fraction of sp³-hybridized carbons (Fsp3) is 0.625. The van der Waals surface area contributed by atoms with Gasteiger partial charge in [-0.25, -0.2) is 0 Å². The minimum Gasteiger partial charge on any atom is -0.494 e. The van der Waals surface area contributed by atoms with Crippen LogP contribution in [0.4, 0.5) is 0 Å². The molecule has 1 aliphatic rings. The number of hydrogen-bond acceptors (Lipinski definition) is 3. The number of benzene rings is 1. The Balaban J connectivity index is 1.86. The van der Waals surface area contributed by atoms with Crippen molar-refractivity contribution in [2.24, 2.45) is 0 Å². The standard InChI is InChI=1S/C16H26N2O/c1-4-11-19-16-7-5-14(6-8-16)13(2)17-15-9-10-18(3)12-15/h5-8,13,15,17H,4,9-12H2,1-3H3. The Morgan fingerprint density at radius 1 is 1.37 bits per heavy atom. The van der Waals surface area contributed by atoms with Gasteiger partial charge in [-0.3, -0.25) is 0 Å². The summed E-state index contributed by atoms with van der Waals surface area (Å²) in [7, 11) is 2.19. The van der Waals surface area contributed by atoms with E-state index in [4.69, 9.17) is 4.74 Å². The summed E-state index contributed by atoms with van der Waals surface area (Å²) in [6.45, 7) is 7.51. The summed E-state index contributed by atoms with van der Waals surface area (Å²) in [5.74, 6) is 0.971. The molecule has 3 heteroatoms. The van der Waals surface area contributed by atoms with Gasteiger partial charge in [-0.05, 0) is 51.1 Å². The molecule has 0 bridgehead atoms. The second kappa shape index (κ2) is 6.92. The van der Waals surface area contributed by atoms with Crippen LogP contribution in [0.5, 0.6) is 5.75 Å². The Kier molecular flexibility index (Phi) is 5.23. The Morgan fingerprint density at radius 3 is 2.68 bits per heavy atom. The molecule has 1 fully saturated rings. The molecule has 0 spiro atoms. The molecule has 1 saturated heterocycles. The molecular weight excluding hydrogens is 236 g/mol. The van der Waals surface area contributed by atoms with Crippen LogP contribution < -0.4 is 10.1 Å². The molecule has 19 heavy (non-hydrogen) atoms. The highest BCUT2D eigenvalue weighted by atomic mass is 16.5. The number of ether oxygens (including phenoxy) is 1. The van der Waals surface area contributed by atoms with Gasteiger partial charge in [0.2, 0.25) is 0 Å². The Bertz CT molecular complexity index is 377. The lowest BCUT2D eigenvalue weighted by Crippen LogP contribution is -2.33. The SMILES string of the molecule is CCCOc1ccc(C(C)NC2CCN(C)C2)cc1. The lowest BCUT2D eigenvalue weighted by Gasteiger charge is -2.20. The molecule has 1 aromatic carbocycles. The summed E-state index contributed by atoms with van der Waals surface area (Å²) in [5, 5.41) is 3.71. The van der Waals surface area contributed by atoms with Gasteiger partial charge >= 0.3 is 0 Å². The first-order chi connectivity index (χ1) is 9.19. The summed E-state index contributed by atoms with van der Waals surface area (Å²) in [6.07, 6.45) is 2.30. The van der Waals surface area contributed by atoms with Gasteiger partial charge in [-0.2, -0.15) is 0 Å². The summed E-state index contributed by atoms with van der Waals surface area (Å²) < 4.78 is 5.61. The van der Waals surface area contributed by atoms with Crippen LogP contribution >= 0.6 is 0 Å². The van der Waals surface area contributed by atoms with Crippen LogP contribution in [0.15, 0.2) is 24.3 Å². The predicted octanol–water partition coefficient (Wildman–Crippen LogP) is 2.83. The first kappa shape index (κ1) is 14.4. The smallest absolute Gasteiger partial charge is 0.119 e. The number of hydrogen-bond donors (Lipinski definition) is 1. The van der Waals surface area contributed by atoms with Gasteiger partial charge in [0.1, 0.15) is 5.75 Å². The van der Waals surface area contributed by atoms with E-state index in [1.165, 1.54) is 18.5 Å². The molecule has 1 N–H and O–H groups in total. The Hall–Kier alpha value is -1.06. The van der Waals surface area contributed by atoms with Crippen LogP contribution in [0.1, 0.15) is 38.3 Å². The highest BCUT2D eigenvalue weighted by Crippen LogP contribution is 2.19. The van der Waals surface area contributed by atoms with Gasteiger partial charge in [0.25, 0.3) is 0 Å². The van der Waals surface area contributed by atoms with E-state index in [1.807, 2.05) is 0 Å². The fourth-order valence-corrected chi connectivity index (χ4v) is 2.59. The van der Waals surface area contributed by atoms with Crippen LogP contribution in [0.3, 0.4) is 0 Å². The second-order valence-corrected chi connectivity index (χ2v) is 5.55. The van der Waals surface area contributed by atoms with Crippen molar-refractivity contribution >= 4 is 0 Å². The molecule has 2 atom stereocenters. The van der Waals surface area contributed by atoms with Crippen LogP contribution in [-0.2, 0) is 0 Å². The molecule has 1 heterocycles. The summed E-state index contributed by atoms with van der Waals surface area (Å²) in [6, 6.07) is 9.50. The third-order valence-electron chi connectivity index (χ3n) is 3.73. The van der Waals surface area contributed by atoms with Crippen LogP contribution in [-0.4, -0.2) is 37.7 Å². The lowest BCUT2D eigenvalue weighted by atomic mass is 10.1. The minimum atomic E-state index is 0.400. The molecule has 2 unspecified atom stereocenters. The van der Waals surface area contributed by atoms with Crippen molar-refractivity contribution in [3.8, 4) is 5.75 Å². The molecule has 1 aromatic rings. The van der Waals surface area contributed by atoms with Crippen molar-refractivity contribution in [2.45, 2.75) is 38.8 Å². The van der Waals surface area contributed by atoms with E-state index in [0.717, 1.165) is 25.3 Å². The monoisotopic (exact) mass is 262 g/mol. The van der Waals surface area contributed by atoms with Gasteiger partial charge in [-0.15, -0.1) is 0 Å². The summed E-state index contributed by atoms with van der Waals surface area (Å²) >= 11 is 0. The van der Waals surface area contributed by atoms with E-state index in [-0.39, 0.29) is 0 Å². The zero-order valence-corrected chi connectivity index (χ0v) is 12.4. The zero-order valence-electron chi connectivity index (χ0n) is 12.4. The first-order valence-electron chi connectivity index (χ1n) is 7.36. The quantitative estimate of drug-likeness (QED) is 0.853. The highest BCUT2D eigenvalue weighted by Gasteiger charge is 2.20. The first-order valence-corrected chi connectivity index (χ1v) is 7.36. The summed E-state index contributed by atoms with van der Waals surface area (Å²) in [4.78, 5) is 2.38. The largest absolute Gasteiger partial charge is 0.494 e. The van der Waals surface area contributed by atoms with Crippen LogP contribution in [0.2, 0.25) is 0 Å². The van der Waals surface area contributed by atoms with E-state index in [0.29, 0.717) is 12.1 Å². The second-order valence-electron chi connectivity index (χ2n) is 5.55. The van der Waals surface area contributed by atoms with Crippen molar-refractivity contribution in [2.75, 3.05) is 26.7 Å². The molecule has 106 valence electrons. The summed E-state index contributed by atoms with van der Waals surface area (Å²) in [5.41, 5.74) is 1.33. The number of nitrogens with one attached hydrogen (secondary N) is 1. The fourth-order valence-electron chi connectivity index (χ4n) is 2.59. The van der Waals surface area contributed by atoms with E-state index < -0.39 is 0 Å². The third kappa shape index (κ3) is 4.22. The van der Waals surface area contributed by atoms with Gasteiger partial charge in [0.15, 0.2) is 0 Å². The van der Waals surface area contributed by atoms with Gasteiger partial charge in [0.05, 0.1) is 6.61 Å². The van der Waals surface area contributed by atoms with Crippen molar-refractivity contribution in [3.63, 3.8) is 0 Å². The lowest BCUT2D eigenvalue weighted by molar-refractivity contribution is 0.317. The normalized spacial score (nSPS) is 21.5. The Labute approximate surface area is 116 Å². The van der Waals surface area contributed by atoms with Gasteiger partial charge in [0, 0.05) is 18.6 Å². The van der Waals surface area contributed by atoms with Crippen molar-refractivity contribution in [1.29, 1.82) is 0 Å². The number of likely N-dealkylation sites (tertiary alicyclic amines) is 1.